The molecule has 1 fully saturated rings. The van der Waals surface area contributed by atoms with Gasteiger partial charge in [-0.25, -0.2) is 4.79 Å². The fourth-order valence-corrected chi connectivity index (χ4v) is 6.51. The lowest BCUT2D eigenvalue weighted by molar-refractivity contribution is -0.160. The van der Waals surface area contributed by atoms with Gasteiger partial charge in [-0.2, -0.15) is 0 Å². The number of carboxylic acid groups (broad SMARTS) is 1. The third kappa shape index (κ3) is 5.55. The van der Waals surface area contributed by atoms with E-state index in [1.54, 1.807) is 0 Å². The molecule has 1 aliphatic carbocycles. The second-order valence-electron chi connectivity index (χ2n) is 12.2. The standard InChI is InChI=1S/C32H45NO3/c1-20-13-15-25(16-14-20)28-22(3)27-19-33(23(4)24-11-9-8-10-12-24)18-17-26(27)21(2)29(28)30(31(34)35)36-32(5,6)7/h13-16,23-24,30H,8-12,17-19H2,1-7H3,(H,34,35). The molecule has 36 heavy (non-hydrogen) atoms. The lowest BCUT2D eigenvalue weighted by Gasteiger charge is -2.41. The maximum atomic E-state index is 12.6. The van der Waals surface area contributed by atoms with E-state index in [0.717, 1.165) is 47.7 Å². The molecule has 0 spiro atoms. The Morgan fingerprint density at radius 3 is 2.22 bits per heavy atom. The number of hydrogen-bond acceptors (Lipinski definition) is 3. The van der Waals surface area contributed by atoms with Crippen LogP contribution in [0, 0.1) is 26.7 Å². The van der Waals surface area contributed by atoms with Crippen LogP contribution in [0.25, 0.3) is 11.1 Å². The Labute approximate surface area is 218 Å². The van der Waals surface area contributed by atoms with Crippen molar-refractivity contribution < 1.29 is 14.6 Å². The molecule has 1 aliphatic heterocycles. The number of aryl methyl sites for hydroxylation is 1. The third-order valence-corrected chi connectivity index (χ3v) is 8.53. The summed E-state index contributed by atoms with van der Waals surface area (Å²) < 4.78 is 6.23. The zero-order valence-corrected chi connectivity index (χ0v) is 23.4. The molecule has 4 rings (SSSR count). The summed E-state index contributed by atoms with van der Waals surface area (Å²) in [7, 11) is 0. The Kier molecular flexibility index (Phi) is 7.97. The largest absolute Gasteiger partial charge is 0.479 e. The molecule has 1 saturated carbocycles. The van der Waals surface area contributed by atoms with Gasteiger partial charge in [-0.1, -0.05) is 49.1 Å². The summed E-state index contributed by atoms with van der Waals surface area (Å²) in [5.74, 6) is -0.141. The van der Waals surface area contributed by atoms with E-state index in [0.29, 0.717) is 6.04 Å². The van der Waals surface area contributed by atoms with E-state index < -0.39 is 17.7 Å². The van der Waals surface area contributed by atoms with Crippen molar-refractivity contribution in [3.8, 4) is 11.1 Å². The molecule has 4 nitrogen and oxygen atoms in total. The summed E-state index contributed by atoms with van der Waals surface area (Å²) >= 11 is 0. The van der Waals surface area contributed by atoms with Gasteiger partial charge in [0.2, 0.25) is 0 Å². The number of nitrogens with zero attached hydrogens (tertiary/aromatic N) is 1. The van der Waals surface area contributed by atoms with Crippen molar-refractivity contribution in [3.05, 3.63) is 57.6 Å². The van der Waals surface area contributed by atoms with Gasteiger partial charge in [0.1, 0.15) is 0 Å². The molecule has 0 saturated heterocycles. The molecule has 0 bridgehead atoms. The fraction of sp³-hybridized carbons (Fsp3) is 0.594. The minimum atomic E-state index is -1.01. The van der Waals surface area contributed by atoms with Crippen LogP contribution in [-0.4, -0.2) is 34.2 Å². The second-order valence-corrected chi connectivity index (χ2v) is 12.2. The molecule has 2 atom stereocenters. The first-order valence-electron chi connectivity index (χ1n) is 13.8. The molecule has 4 heteroatoms. The molecule has 0 aromatic heterocycles. The molecule has 2 aliphatic rings. The number of benzene rings is 2. The fourth-order valence-electron chi connectivity index (χ4n) is 6.51. The first-order valence-corrected chi connectivity index (χ1v) is 13.8. The minimum Gasteiger partial charge on any atom is -0.479 e. The van der Waals surface area contributed by atoms with Crippen LogP contribution in [0.3, 0.4) is 0 Å². The zero-order valence-electron chi connectivity index (χ0n) is 23.4. The van der Waals surface area contributed by atoms with Crippen molar-refractivity contribution in [3.63, 3.8) is 0 Å². The van der Waals surface area contributed by atoms with E-state index >= 15 is 0 Å². The van der Waals surface area contributed by atoms with E-state index in [1.807, 2.05) is 20.8 Å². The molecule has 2 aromatic carbocycles. The predicted molar refractivity (Wildman–Crippen MR) is 147 cm³/mol. The van der Waals surface area contributed by atoms with Crippen LogP contribution in [0.15, 0.2) is 24.3 Å². The number of aliphatic carboxylic acids is 1. The molecule has 1 N–H and O–H groups in total. The van der Waals surface area contributed by atoms with Crippen LogP contribution in [0.5, 0.6) is 0 Å². The van der Waals surface area contributed by atoms with E-state index in [-0.39, 0.29) is 0 Å². The first-order chi connectivity index (χ1) is 17.0. The molecule has 0 radical (unpaired) electrons. The van der Waals surface area contributed by atoms with Gasteiger partial charge in [-0.15, -0.1) is 0 Å². The van der Waals surface area contributed by atoms with Gasteiger partial charge in [0.05, 0.1) is 5.60 Å². The number of rotatable bonds is 6. The number of carboxylic acids is 1. The maximum Gasteiger partial charge on any atom is 0.337 e. The van der Waals surface area contributed by atoms with Crippen LogP contribution in [-0.2, 0) is 22.5 Å². The smallest absolute Gasteiger partial charge is 0.337 e. The highest BCUT2D eigenvalue weighted by Crippen LogP contribution is 2.43. The van der Waals surface area contributed by atoms with Gasteiger partial charge in [-0.05, 0) is 107 Å². The maximum absolute atomic E-state index is 12.6. The Morgan fingerprint density at radius 2 is 1.64 bits per heavy atom. The molecule has 196 valence electrons. The Hall–Kier alpha value is -2.17. The van der Waals surface area contributed by atoms with E-state index in [9.17, 15) is 9.90 Å². The lowest BCUT2D eigenvalue weighted by Crippen LogP contribution is -2.43. The van der Waals surface area contributed by atoms with Gasteiger partial charge in [0.25, 0.3) is 0 Å². The summed E-state index contributed by atoms with van der Waals surface area (Å²) in [6, 6.07) is 9.08. The van der Waals surface area contributed by atoms with E-state index in [2.05, 4.69) is 56.9 Å². The van der Waals surface area contributed by atoms with Gasteiger partial charge in [0, 0.05) is 24.7 Å². The van der Waals surface area contributed by atoms with Crippen LogP contribution in [0.1, 0.15) is 99.3 Å². The van der Waals surface area contributed by atoms with Gasteiger partial charge in [-0.3, -0.25) is 4.90 Å². The lowest BCUT2D eigenvalue weighted by atomic mass is 9.78. The third-order valence-electron chi connectivity index (χ3n) is 8.53. The summed E-state index contributed by atoms with van der Waals surface area (Å²) in [5.41, 5.74) is 8.57. The van der Waals surface area contributed by atoms with Gasteiger partial charge in [0.15, 0.2) is 6.10 Å². The van der Waals surface area contributed by atoms with Crippen molar-refractivity contribution in [1.29, 1.82) is 0 Å². The monoisotopic (exact) mass is 491 g/mol. The number of fused-ring (bicyclic) bond motifs is 1. The highest BCUT2D eigenvalue weighted by atomic mass is 16.5. The predicted octanol–water partition coefficient (Wildman–Crippen LogP) is 7.55. The molecular formula is C32H45NO3. The van der Waals surface area contributed by atoms with Crippen molar-refractivity contribution in [2.75, 3.05) is 6.54 Å². The Morgan fingerprint density at radius 1 is 1.00 bits per heavy atom. The molecular weight excluding hydrogens is 446 g/mol. The highest BCUT2D eigenvalue weighted by molar-refractivity contribution is 5.84. The topological polar surface area (TPSA) is 49.8 Å². The Bertz CT molecular complexity index is 1090. The van der Waals surface area contributed by atoms with Crippen molar-refractivity contribution in [1.82, 2.24) is 4.90 Å². The molecule has 1 heterocycles. The summed E-state index contributed by atoms with van der Waals surface area (Å²) in [4.78, 5) is 15.3. The number of carbonyl (C=O) groups is 1. The normalized spacial score (nSPS) is 19.1. The van der Waals surface area contributed by atoms with Crippen LogP contribution in [0.2, 0.25) is 0 Å². The average Bonchev–Trinajstić information content (AvgIpc) is 2.84. The number of ether oxygens (including phenoxy) is 1. The Balaban J connectivity index is 1.84. The first kappa shape index (κ1) is 26.9. The van der Waals surface area contributed by atoms with Gasteiger partial charge < -0.3 is 9.84 Å². The highest BCUT2D eigenvalue weighted by Gasteiger charge is 2.36. The molecule has 0 amide bonds. The van der Waals surface area contributed by atoms with Crippen molar-refractivity contribution in [2.24, 2.45) is 5.92 Å². The number of hydrogen-bond donors (Lipinski definition) is 1. The van der Waals surface area contributed by atoms with Crippen LogP contribution < -0.4 is 0 Å². The molecule has 2 unspecified atom stereocenters. The zero-order chi connectivity index (χ0) is 26.2. The van der Waals surface area contributed by atoms with Crippen molar-refractivity contribution in [2.45, 2.75) is 111 Å². The van der Waals surface area contributed by atoms with E-state index in [4.69, 9.17) is 4.74 Å². The minimum absolute atomic E-state index is 0.573. The second kappa shape index (κ2) is 10.7. The van der Waals surface area contributed by atoms with Crippen LogP contribution >= 0.6 is 0 Å². The summed E-state index contributed by atoms with van der Waals surface area (Å²) in [6.07, 6.45) is 6.76. The quantitative estimate of drug-likeness (QED) is 0.453. The summed E-state index contributed by atoms with van der Waals surface area (Å²) in [5, 5.41) is 10.4. The average molecular weight is 492 g/mol. The van der Waals surface area contributed by atoms with Gasteiger partial charge >= 0.3 is 5.97 Å². The SMILES string of the molecule is Cc1ccc(-c2c(C)c3c(c(C)c2C(OC(C)(C)C)C(=O)O)CCN(C(C)C2CCCCC2)C3)cc1. The molecule has 2 aromatic rings. The van der Waals surface area contributed by atoms with Crippen LogP contribution in [0.4, 0.5) is 0 Å². The summed E-state index contributed by atoms with van der Waals surface area (Å²) in [6.45, 7) is 16.6. The van der Waals surface area contributed by atoms with E-state index in [1.165, 1.54) is 54.4 Å². The van der Waals surface area contributed by atoms with Crippen molar-refractivity contribution >= 4 is 5.97 Å².